The molecule has 0 aromatic heterocycles. The molecule has 0 amide bonds. The highest BCUT2D eigenvalue weighted by Gasteiger charge is 2.22. The average Bonchev–Trinajstić information content (AvgIpc) is 3.07. The van der Waals surface area contributed by atoms with Crippen molar-refractivity contribution in [3.8, 4) is 0 Å². The van der Waals surface area contributed by atoms with Gasteiger partial charge in [0.2, 0.25) is 0 Å². The number of nitrogens with two attached hydrogens (primary N) is 1. The molecule has 1 aliphatic carbocycles. The highest BCUT2D eigenvalue weighted by atomic mass is 16.5. The molecule has 2 atom stereocenters. The maximum absolute atomic E-state index is 5.78. The van der Waals surface area contributed by atoms with Crippen molar-refractivity contribution in [1.29, 1.82) is 0 Å². The van der Waals surface area contributed by atoms with Gasteiger partial charge >= 0.3 is 0 Å². The second-order valence-corrected chi connectivity index (χ2v) is 5.56. The molecule has 0 radical (unpaired) electrons. The van der Waals surface area contributed by atoms with Crippen molar-refractivity contribution in [3.63, 3.8) is 0 Å². The van der Waals surface area contributed by atoms with Gasteiger partial charge in [-0.1, -0.05) is 0 Å². The Balaban J connectivity index is 1.59. The molecule has 0 bridgehead atoms. The SMILES string of the molecule is CC1CN(CCCN=C(N)NC2CC2)CC(C)O1. The molecule has 1 saturated carbocycles. The van der Waals surface area contributed by atoms with Crippen molar-refractivity contribution < 1.29 is 4.74 Å². The Morgan fingerprint density at radius 2 is 2.00 bits per heavy atom. The summed E-state index contributed by atoms with van der Waals surface area (Å²) in [5, 5.41) is 3.20. The summed E-state index contributed by atoms with van der Waals surface area (Å²) in [6.45, 7) is 8.23. The number of rotatable bonds is 5. The van der Waals surface area contributed by atoms with Crippen molar-refractivity contribution in [2.75, 3.05) is 26.2 Å². The number of nitrogens with one attached hydrogen (secondary N) is 1. The third-order valence-corrected chi connectivity index (χ3v) is 3.34. The van der Waals surface area contributed by atoms with E-state index in [0.29, 0.717) is 24.2 Å². The fraction of sp³-hybridized carbons (Fsp3) is 0.923. The Hall–Kier alpha value is -0.810. The maximum Gasteiger partial charge on any atom is 0.188 e. The Labute approximate surface area is 110 Å². The first-order valence-corrected chi connectivity index (χ1v) is 7.07. The van der Waals surface area contributed by atoms with Gasteiger partial charge in [0, 0.05) is 32.2 Å². The highest BCUT2D eigenvalue weighted by Crippen LogP contribution is 2.18. The van der Waals surface area contributed by atoms with Crippen LogP contribution in [0.15, 0.2) is 4.99 Å². The molecule has 0 aromatic carbocycles. The largest absolute Gasteiger partial charge is 0.373 e. The summed E-state index contributed by atoms with van der Waals surface area (Å²) in [6.07, 6.45) is 4.23. The van der Waals surface area contributed by atoms with Crippen LogP contribution in [0.1, 0.15) is 33.1 Å². The maximum atomic E-state index is 5.78. The third-order valence-electron chi connectivity index (χ3n) is 3.34. The van der Waals surface area contributed by atoms with Crippen molar-refractivity contribution in [2.24, 2.45) is 10.7 Å². The minimum Gasteiger partial charge on any atom is -0.373 e. The van der Waals surface area contributed by atoms with Gasteiger partial charge in [0.1, 0.15) is 0 Å². The predicted octanol–water partition coefficient (Wildman–Crippen LogP) is 0.552. The van der Waals surface area contributed by atoms with Gasteiger partial charge in [0.25, 0.3) is 0 Å². The van der Waals surface area contributed by atoms with E-state index in [2.05, 4.69) is 29.1 Å². The molecule has 3 N–H and O–H groups in total. The summed E-state index contributed by atoms with van der Waals surface area (Å²) in [4.78, 5) is 6.81. The summed E-state index contributed by atoms with van der Waals surface area (Å²) >= 11 is 0. The van der Waals surface area contributed by atoms with Crippen LogP contribution in [0.4, 0.5) is 0 Å². The molecule has 0 spiro atoms. The molecule has 2 fully saturated rings. The van der Waals surface area contributed by atoms with E-state index in [4.69, 9.17) is 10.5 Å². The molecule has 18 heavy (non-hydrogen) atoms. The van der Waals surface area contributed by atoms with E-state index < -0.39 is 0 Å². The van der Waals surface area contributed by atoms with Crippen molar-refractivity contribution >= 4 is 5.96 Å². The number of hydrogen-bond acceptors (Lipinski definition) is 3. The fourth-order valence-corrected chi connectivity index (χ4v) is 2.44. The van der Waals surface area contributed by atoms with E-state index >= 15 is 0 Å². The summed E-state index contributed by atoms with van der Waals surface area (Å²) in [5.41, 5.74) is 5.78. The Kier molecular flexibility index (Phi) is 4.83. The third kappa shape index (κ3) is 4.82. The molecule has 2 unspecified atom stereocenters. The van der Waals surface area contributed by atoms with E-state index in [9.17, 15) is 0 Å². The zero-order valence-electron chi connectivity index (χ0n) is 11.6. The van der Waals surface area contributed by atoms with Crippen LogP contribution in [-0.2, 0) is 4.74 Å². The van der Waals surface area contributed by atoms with Gasteiger partial charge in [-0.25, -0.2) is 0 Å². The minimum atomic E-state index is 0.346. The Bertz CT molecular complexity index is 281. The molecule has 1 saturated heterocycles. The molecule has 5 nitrogen and oxygen atoms in total. The Morgan fingerprint density at radius 3 is 2.61 bits per heavy atom. The fourth-order valence-electron chi connectivity index (χ4n) is 2.44. The van der Waals surface area contributed by atoms with Crippen molar-refractivity contribution in [3.05, 3.63) is 0 Å². The van der Waals surface area contributed by atoms with Gasteiger partial charge in [-0.2, -0.15) is 0 Å². The van der Waals surface area contributed by atoms with E-state index in [1.165, 1.54) is 12.8 Å². The first-order valence-electron chi connectivity index (χ1n) is 7.07. The Morgan fingerprint density at radius 1 is 1.33 bits per heavy atom. The topological polar surface area (TPSA) is 62.9 Å². The number of hydrogen-bond donors (Lipinski definition) is 2. The number of nitrogens with zero attached hydrogens (tertiary/aromatic N) is 2. The second kappa shape index (κ2) is 6.38. The lowest BCUT2D eigenvalue weighted by molar-refractivity contribution is -0.0679. The predicted molar refractivity (Wildman–Crippen MR) is 73.7 cm³/mol. The van der Waals surface area contributed by atoms with Crippen LogP contribution >= 0.6 is 0 Å². The lowest BCUT2D eigenvalue weighted by Gasteiger charge is -2.35. The van der Waals surface area contributed by atoms with Gasteiger partial charge in [-0.3, -0.25) is 9.89 Å². The molecule has 0 aromatic rings. The summed E-state index contributed by atoms with van der Waals surface area (Å²) < 4.78 is 5.71. The van der Waals surface area contributed by atoms with Crippen LogP contribution in [0.2, 0.25) is 0 Å². The zero-order valence-corrected chi connectivity index (χ0v) is 11.6. The molecule has 5 heteroatoms. The molecular weight excluding hydrogens is 228 g/mol. The quantitative estimate of drug-likeness (QED) is 0.427. The van der Waals surface area contributed by atoms with Crippen LogP contribution in [0.3, 0.4) is 0 Å². The summed E-state index contributed by atoms with van der Waals surface area (Å²) in [7, 11) is 0. The number of ether oxygens (including phenoxy) is 1. The van der Waals surface area contributed by atoms with Crippen LogP contribution in [0.25, 0.3) is 0 Å². The zero-order chi connectivity index (χ0) is 13.0. The normalized spacial score (nSPS) is 30.4. The van der Waals surface area contributed by atoms with Crippen molar-refractivity contribution in [1.82, 2.24) is 10.2 Å². The van der Waals surface area contributed by atoms with Crippen molar-refractivity contribution in [2.45, 2.75) is 51.4 Å². The van der Waals surface area contributed by atoms with Gasteiger partial charge in [-0.05, 0) is 33.1 Å². The first kappa shape index (κ1) is 13.6. The van der Waals surface area contributed by atoms with Crippen LogP contribution in [0.5, 0.6) is 0 Å². The van der Waals surface area contributed by atoms with Gasteiger partial charge in [-0.15, -0.1) is 0 Å². The molecule has 104 valence electrons. The summed E-state index contributed by atoms with van der Waals surface area (Å²) in [6, 6.07) is 0.592. The van der Waals surface area contributed by atoms with Gasteiger partial charge < -0.3 is 15.8 Å². The van der Waals surface area contributed by atoms with E-state index in [-0.39, 0.29) is 0 Å². The lowest BCUT2D eigenvalue weighted by Crippen LogP contribution is -2.45. The number of morpholine rings is 1. The van der Waals surface area contributed by atoms with E-state index in [1.54, 1.807) is 0 Å². The second-order valence-electron chi connectivity index (χ2n) is 5.56. The standard InChI is InChI=1S/C13H26N4O/c1-10-8-17(9-11(2)18-10)7-3-6-15-13(14)16-12-4-5-12/h10-12H,3-9H2,1-2H3,(H3,14,15,16). The average molecular weight is 254 g/mol. The minimum absolute atomic E-state index is 0.346. The monoisotopic (exact) mass is 254 g/mol. The van der Waals surface area contributed by atoms with Crippen LogP contribution in [0, 0.1) is 0 Å². The first-order chi connectivity index (χ1) is 8.63. The molecule has 1 aliphatic heterocycles. The molecule has 1 heterocycles. The van der Waals surface area contributed by atoms with Crippen LogP contribution < -0.4 is 11.1 Å². The summed E-state index contributed by atoms with van der Waals surface area (Å²) in [5.74, 6) is 0.612. The smallest absolute Gasteiger partial charge is 0.188 e. The van der Waals surface area contributed by atoms with Gasteiger partial charge in [0.05, 0.1) is 12.2 Å². The molecule has 2 aliphatic rings. The molecule has 2 rings (SSSR count). The van der Waals surface area contributed by atoms with E-state index in [1.807, 2.05) is 0 Å². The van der Waals surface area contributed by atoms with E-state index in [0.717, 1.165) is 32.6 Å². The highest BCUT2D eigenvalue weighted by molar-refractivity contribution is 5.78. The van der Waals surface area contributed by atoms with Crippen LogP contribution in [-0.4, -0.2) is 55.3 Å². The van der Waals surface area contributed by atoms with Gasteiger partial charge in [0.15, 0.2) is 5.96 Å². The lowest BCUT2D eigenvalue weighted by atomic mass is 10.2. The number of aliphatic imine (C=N–C) groups is 1. The number of guanidine groups is 1. The molecular formula is C13H26N4O.